The maximum atomic E-state index is 13.0. The Kier molecular flexibility index (Phi) is 6.03. The summed E-state index contributed by atoms with van der Waals surface area (Å²) < 4.78 is 24.5. The number of nitrogens with one attached hydrogen (secondary N) is 1. The number of amides is 2. The summed E-state index contributed by atoms with van der Waals surface area (Å²) in [6.45, 7) is 1.68. The fourth-order valence-electron chi connectivity index (χ4n) is 4.28. The average molecular weight is 505 g/mol. The Hall–Kier alpha value is -4.28. The van der Waals surface area contributed by atoms with Gasteiger partial charge in [-0.3, -0.25) is 9.59 Å². The first kappa shape index (κ1) is 23.1. The molecular weight excluding hydrogens is 479 g/mol. The predicted octanol–water partition coefficient (Wildman–Crippen LogP) is 2.70. The summed E-state index contributed by atoms with van der Waals surface area (Å²) in [4.78, 5) is 41.7. The van der Waals surface area contributed by atoms with Crippen LogP contribution in [-0.2, 0) is 9.59 Å². The molecule has 2 aliphatic heterocycles. The molecule has 4 heterocycles. The SMILES string of the molecule is O=C(NC1CC1)C1CN(c2ncc(N3CC[C@@H](Oc4ccc(Oc5ccc(F)cc5)nc4)C3=O)cn2)C1. The molecule has 2 amide bonds. The molecule has 1 N–H and O–H groups in total. The molecule has 1 atom stereocenters. The molecule has 10 nitrogen and oxygen atoms in total. The van der Waals surface area contributed by atoms with E-state index in [2.05, 4.69) is 20.3 Å². The molecule has 3 aromatic rings. The van der Waals surface area contributed by atoms with Crippen LogP contribution in [-0.4, -0.2) is 58.5 Å². The molecule has 1 saturated carbocycles. The summed E-state index contributed by atoms with van der Waals surface area (Å²) >= 11 is 0. The van der Waals surface area contributed by atoms with Crippen molar-refractivity contribution in [1.82, 2.24) is 20.3 Å². The number of benzene rings is 1. The second-order valence-corrected chi connectivity index (χ2v) is 9.40. The summed E-state index contributed by atoms with van der Waals surface area (Å²) in [6.07, 6.45) is 6.75. The van der Waals surface area contributed by atoms with E-state index in [1.807, 2.05) is 4.90 Å². The lowest BCUT2D eigenvalue weighted by Crippen LogP contribution is -2.54. The van der Waals surface area contributed by atoms with Crippen molar-refractivity contribution in [2.24, 2.45) is 5.92 Å². The lowest BCUT2D eigenvalue weighted by Gasteiger charge is -2.38. The van der Waals surface area contributed by atoms with E-state index in [-0.39, 0.29) is 23.5 Å². The van der Waals surface area contributed by atoms with Gasteiger partial charge < -0.3 is 24.6 Å². The fourth-order valence-corrected chi connectivity index (χ4v) is 4.28. The van der Waals surface area contributed by atoms with Gasteiger partial charge in [-0.15, -0.1) is 0 Å². The van der Waals surface area contributed by atoms with E-state index >= 15 is 0 Å². The lowest BCUT2D eigenvalue weighted by molar-refractivity contribution is -0.126. The van der Waals surface area contributed by atoms with E-state index in [0.29, 0.717) is 61.1 Å². The molecule has 0 bridgehead atoms. The molecule has 6 rings (SSSR count). The van der Waals surface area contributed by atoms with Crippen LogP contribution < -0.4 is 24.6 Å². The first-order chi connectivity index (χ1) is 18.0. The van der Waals surface area contributed by atoms with E-state index in [1.165, 1.54) is 30.5 Å². The van der Waals surface area contributed by atoms with Gasteiger partial charge in [0.15, 0.2) is 6.10 Å². The predicted molar refractivity (Wildman–Crippen MR) is 131 cm³/mol. The first-order valence-corrected chi connectivity index (χ1v) is 12.3. The second-order valence-electron chi connectivity index (χ2n) is 9.40. The highest BCUT2D eigenvalue weighted by molar-refractivity contribution is 5.98. The lowest BCUT2D eigenvalue weighted by atomic mass is 10.00. The van der Waals surface area contributed by atoms with Gasteiger partial charge in [0, 0.05) is 38.2 Å². The second kappa shape index (κ2) is 9.64. The van der Waals surface area contributed by atoms with E-state index in [9.17, 15) is 14.0 Å². The minimum Gasteiger partial charge on any atom is -0.479 e. The van der Waals surface area contributed by atoms with Crippen molar-refractivity contribution >= 4 is 23.5 Å². The molecule has 3 fully saturated rings. The Morgan fingerprint density at radius 1 is 0.946 bits per heavy atom. The number of hydrogen-bond donors (Lipinski definition) is 1. The Labute approximate surface area is 212 Å². The number of aromatic nitrogens is 3. The van der Waals surface area contributed by atoms with Crippen LogP contribution in [0.15, 0.2) is 55.0 Å². The summed E-state index contributed by atoms with van der Waals surface area (Å²) in [7, 11) is 0. The highest BCUT2D eigenvalue weighted by Crippen LogP contribution is 2.28. The monoisotopic (exact) mass is 504 g/mol. The molecule has 2 saturated heterocycles. The molecule has 1 aromatic carbocycles. The zero-order valence-electron chi connectivity index (χ0n) is 19.9. The van der Waals surface area contributed by atoms with Crippen LogP contribution in [0.25, 0.3) is 0 Å². The number of nitrogens with zero attached hydrogens (tertiary/aromatic N) is 5. The van der Waals surface area contributed by atoms with Gasteiger partial charge in [-0.2, -0.15) is 0 Å². The number of ether oxygens (including phenoxy) is 2. The molecule has 0 spiro atoms. The number of hydrogen-bond acceptors (Lipinski definition) is 8. The van der Waals surface area contributed by atoms with Crippen LogP contribution in [0, 0.1) is 11.7 Å². The van der Waals surface area contributed by atoms with Crippen molar-refractivity contribution in [1.29, 1.82) is 0 Å². The molecular formula is C26H25FN6O4. The van der Waals surface area contributed by atoms with Crippen LogP contribution in [0.3, 0.4) is 0 Å². The molecule has 1 aliphatic carbocycles. The first-order valence-electron chi connectivity index (χ1n) is 12.3. The van der Waals surface area contributed by atoms with Gasteiger partial charge in [0.25, 0.3) is 5.91 Å². The highest BCUT2D eigenvalue weighted by Gasteiger charge is 2.37. The Bertz CT molecular complexity index is 1280. The molecule has 0 unspecified atom stereocenters. The number of pyridine rings is 1. The van der Waals surface area contributed by atoms with Crippen molar-refractivity contribution in [3.8, 4) is 17.4 Å². The summed E-state index contributed by atoms with van der Waals surface area (Å²) in [5.74, 6) is 1.33. The topological polar surface area (TPSA) is 110 Å². The standard InChI is InChI=1S/C26H25FN6O4/c27-17-1-5-20(6-2-17)37-23-8-7-21(13-28-23)36-22-9-10-33(25(22)35)19-11-29-26(30-12-19)32-14-16(15-32)24(34)31-18-3-4-18/h1-2,5-8,11-13,16,18,22H,3-4,9-10,14-15H2,(H,31,34)/t22-/m1/s1. The Morgan fingerprint density at radius 3 is 2.35 bits per heavy atom. The smallest absolute Gasteiger partial charge is 0.268 e. The van der Waals surface area contributed by atoms with Crippen LogP contribution in [0.5, 0.6) is 17.4 Å². The third-order valence-electron chi connectivity index (χ3n) is 6.58. The van der Waals surface area contributed by atoms with Crippen molar-refractivity contribution in [2.75, 3.05) is 29.4 Å². The zero-order chi connectivity index (χ0) is 25.4. The molecule has 190 valence electrons. The Morgan fingerprint density at radius 2 is 1.68 bits per heavy atom. The van der Waals surface area contributed by atoms with Gasteiger partial charge >= 0.3 is 0 Å². The van der Waals surface area contributed by atoms with Gasteiger partial charge in [-0.25, -0.2) is 19.3 Å². The van der Waals surface area contributed by atoms with Gasteiger partial charge in [0.2, 0.25) is 17.7 Å². The van der Waals surface area contributed by atoms with Gasteiger partial charge in [-0.1, -0.05) is 0 Å². The summed E-state index contributed by atoms with van der Waals surface area (Å²) in [6, 6.07) is 9.29. The van der Waals surface area contributed by atoms with E-state index in [0.717, 1.165) is 12.8 Å². The minimum absolute atomic E-state index is 0.0278. The number of anilines is 2. The quantitative estimate of drug-likeness (QED) is 0.499. The van der Waals surface area contributed by atoms with Crippen LogP contribution >= 0.6 is 0 Å². The number of carbonyl (C=O) groups is 2. The van der Waals surface area contributed by atoms with Gasteiger partial charge in [-0.05, 0) is 43.2 Å². The van der Waals surface area contributed by atoms with Gasteiger partial charge in [0.05, 0.1) is 30.2 Å². The van der Waals surface area contributed by atoms with Crippen molar-refractivity contribution in [3.63, 3.8) is 0 Å². The molecule has 3 aliphatic rings. The van der Waals surface area contributed by atoms with Crippen molar-refractivity contribution in [3.05, 3.63) is 60.8 Å². The maximum Gasteiger partial charge on any atom is 0.268 e. The largest absolute Gasteiger partial charge is 0.479 e. The van der Waals surface area contributed by atoms with Crippen LogP contribution in [0.1, 0.15) is 19.3 Å². The minimum atomic E-state index is -0.647. The molecule has 37 heavy (non-hydrogen) atoms. The normalized spacial score (nSPS) is 19.5. The Balaban J connectivity index is 1.01. The molecule has 11 heteroatoms. The average Bonchev–Trinajstić information content (AvgIpc) is 3.62. The van der Waals surface area contributed by atoms with E-state index in [1.54, 1.807) is 29.4 Å². The van der Waals surface area contributed by atoms with Crippen molar-refractivity contribution < 1.29 is 23.5 Å². The molecule has 0 radical (unpaired) electrons. The summed E-state index contributed by atoms with van der Waals surface area (Å²) in [5, 5.41) is 3.03. The fraction of sp³-hybridized carbons (Fsp3) is 0.346. The van der Waals surface area contributed by atoms with Gasteiger partial charge in [0.1, 0.15) is 17.3 Å². The van der Waals surface area contributed by atoms with E-state index in [4.69, 9.17) is 9.47 Å². The van der Waals surface area contributed by atoms with Crippen LogP contribution in [0.4, 0.5) is 16.0 Å². The molecule has 2 aromatic heterocycles. The third-order valence-corrected chi connectivity index (χ3v) is 6.58. The van der Waals surface area contributed by atoms with E-state index < -0.39 is 6.10 Å². The summed E-state index contributed by atoms with van der Waals surface area (Å²) in [5.41, 5.74) is 0.601. The van der Waals surface area contributed by atoms with Crippen LogP contribution in [0.2, 0.25) is 0 Å². The zero-order valence-corrected chi connectivity index (χ0v) is 19.9. The number of halogens is 1. The van der Waals surface area contributed by atoms with Crippen molar-refractivity contribution in [2.45, 2.75) is 31.4 Å². The third kappa shape index (κ3) is 5.16. The highest BCUT2D eigenvalue weighted by atomic mass is 19.1. The maximum absolute atomic E-state index is 13.0. The number of rotatable bonds is 8. The number of carbonyl (C=O) groups excluding carboxylic acids is 2.